The number of Topliss-reactive ketones (excluding diaryl/α,β-unsaturated/α-hetero) is 1. The first-order valence-corrected chi connectivity index (χ1v) is 5.92. The molecule has 20 heavy (non-hydrogen) atoms. The van der Waals surface area contributed by atoms with E-state index in [4.69, 9.17) is 0 Å². The minimum atomic E-state index is -2.85. The third-order valence-electron chi connectivity index (χ3n) is 3.14. The highest BCUT2D eigenvalue weighted by molar-refractivity contribution is 5.95. The lowest BCUT2D eigenvalue weighted by molar-refractivity contribution is -0.521. The van der Waals surface area contributed by atoms with Crippen molar-refractivity contribution in [2.75, 3.05) is 0 Å². The molecule has 1 aliphatic carbocycles. The van der Waals surface area contributed by atoms with E-state index < -0.39 is 28.5 Å². The summed E-state index contributed by atoms with van der Waals surface area (Å²) in [6.07, 6.45) is 2.58. The van der Waals surface area contributed by atoms with Gasteiger partial charge in [0.25, 0.3) is 11.7 Å². The number of carbonyl (C=O) groups is 1. The average Bonchev–Trinajstić information content (AvgIpc) is 2.46. The first kappa shape index (κ1) is 14.1. The van der Waals surface area contributed by atoms with Gasteiger partial charge in [0, 0.05) is 4.92 Å². The van der Waals surface area contributed by atoms with E-state index in [0.29, 0.717) is 0 Å². The van der Waals surface area contributed by atoms with Crippen molar-refractivity contribution >= 4 is 5.78 Å². The van der Waals surface area contributed by atoms with Crippen LogP contribution in [0.5, 0.6) is 0 Å². The molecule has 6 heteroatoms. The number of aliphatic hydroxyl groups excluding tert-OH is 1. The molecule has 0 heterocycles. The van der Waals surface area contributed by atoms with Gasteiger partial charge >= 0.3 is 0 Å². The topological polar surface area (TPSA) is 80.4 Å². The number of nitro groups is 1. The molecule has 0 aromatic heterocycles. The Morgan fingerprint density at radius 1 is 1.35 bits per heavy atom. The summed E-state index contributed by atoms with van der Waals surface area (Å²) in [5.41, 5.74) is -2.66. The average molecular weight is 277 g/mol. The van der Waals surface area contributed by atoms with Gasteiger partial charge < -0.3 is 5.11 Å². The van der Waals surface area contributed by atoms with Crippen molar-refractivity contribution in [2.24, 2.45) is 0 Å². The summed E-state index contributed by atoms with van der Waals surface area (Å²) >= 11 is 0. The molecular weight excluding hydrogens is 265 g/mol. The molecule has 3 unspecified atom stereocenters. The number of allylic oxidation sites excluding steroid dienone is 2. The Balaban J connectivity index is 2.34. The van der Waals surface area contributed by atoms with Gasteiger partial charge in [0.2, 0.25) is 5.78 Å². The molecule has 1 aromatic carbocycles. The molecule has 3 atom stereocenters. The molecule has 2 rings (SSSR count). The number of carbonyl (C=O) groups excluding carboxylic acids is 1. The number of aliphatic hydroxyl groups is 1. The van der Waals surface area contributed by atoms with Crippen molar-refractivity contribution in [1.82, 2.24) is 0 Å². The molecule has 0 saturated carbocycles. The SMILES string of the molecule is O=C(C(O)c1ccccc1)C1(F)C=CC=CC1[N+](=O)[O-]. The Bertz CT molecular complexity index is 584. The lowest BCUT2D eigenvalue weighted by atomic mass is 9.84. The predicted octanol–water partition coefficient (Wildman–Crippen LogP) is 1.77. The highest BCUT2D eigenvalue weighted by Gasteiger charge is 2.53. The summed E-state index contributed by atoms with van der Waals surface area (Å²) in [5, 5.41) is 20.8. The van der Waals surface area contributed by atoms with Crippen LogP contribution in [0.2, 0.25) is 0 Å². The van der Waals surface area contributed by atoms with Crippen LogP contribution in [-0.4, -0.2) is 27.5 Å². The van der Waals surface area contributed by atoms with Crippen molar-refractivity contribution in [2.45, 2.75) is 17.8 Å². The zero-order chi connectivity index (χ0) is 14.8. The summed E-state index contributed by atoms with van der Waals surface area (Å²) < 4.78 is 14.7. The number of nitrogens with zero attached hydrogens (tertiary/aromatic N) is 1. The minimum Gasteiger partial charge on any atom is -0.380 e. The quantitative estimate of drug-likeness (QED) is 0.671. The maximum atomic E-state index is 14.7. The summed E-state index contributed by atoms with van der Waals surface area (Å²) in [4.78, 5) is 22.1. The van der Waals surface area contributed by atoms with Gasteiger partial charge in [-0.1, -0.05) is 42.5 Å². The Kier molecular flexibility index (Phi) is 3.76. The normalized spacial score (nSPS) is 26.2. The largest absolute Gasteiger partial charge is 0.380 e. The Hall–Kier alpha value is -2.34. The summed E-state index contributed by atoms with van der Waals surface area (Å²) in [6, 6.07) is 5.91. The van der Waals surface area contributed by atoms with Crippen LogP contribution in [0.3, 0.4) is 0 Å². The van der Waals surface area contributed by atoms with Gasteiger partial charge in [-0.2, -0.15) is 0 Å². The first-order chi connectivity index (χ1) is 9.47. The molecule has 0 amide bonds. The number of rotatable bonds is 4. The third-order valence-corrected chi connectivity index (χ3v) is 3.14. The number of halogens is 1. The second-order valence-electron chi connectivity index (χ2n) is 4.42. The minimum absolute atomic E-state index is 0.194. The second-order valence-corrected chi connectivity index (χ2v) is 4.42. The molecule has 0 fully saturated rings. The maximum absolute atomic E-state index is 14.7. The number of hydrogen-bond acceptors (Lipinski definition) is 4. The molecule has 0 aliphatic heterocycles. The third kappa shape index (κ3) is 2.37. The van der Waals surface area contributed by atoms with E-state index in [1.54, 1.807) is 18.2 Å². The molecule has 0 bridgehead atoms. The molecule has 5 nitrogen and oxygen atoms in total. The molecule has 1 N–H and O–H groups in total. The number of alkyl halides is 1. The van der Waals surface area contributed by atoms with Gasteiger partial charge in [-0.25, -0.2) is 4.39 Å². The highest BCUT2D eigenvalue weighted by Crippen LogP contribution is 2.31. The van der Waals surface area contributed by atoms with Crippen LogP contribution in [0.4, 0.5) is 4.39 Å². The monoisotopic (exact) mass is 277 g/mol. The summed E-state index contributed by atoms with van der Waals surface area (Å²) in [5.74, 6) is -1.24. The molecule has 1 aliphatic rings. The Morgan fingerprint density at radius 3 is 2.60 bits per heavy atom. The van der Waals surface area contributed by atoms with E-state index >= 15 is 0 Å². The Labute approximate surface area is 114 Å². The molecule has 104 valence electrons. The summed E-state index contributed by atoms with van der Waals surface area (Å²) in [7, 11) is 0. The molecule has 0 saturated heterocycles. The standard InChI is InChI=1S/C14H12FNO4/c15-14(9-5-4-8-11(14)16(19)20)13(18)12(17)10-6-2-1-3-7-10/h1-9,11-12,17H. The van der Waals surface area contributed by atoms with Gasteiger partial charge in [-0.3, -0.25) is 14.9 Å². The second kappa shape index (κ2) is 5.34. The van der Waals surface area contributed by atoms with Crippen molar-refractivity contribution in [1.29, 1.82) is 0 Å². The van der Waals surface area contributed by atoms with Crippen molar-refractivity contribution in [3.05, 3.63) is 70.3 Å². The molecule has 0 radical (unpaired) electrons. The van der Waals surface area contributed by atoms with Gasteiger partial charge in [0.15, 0.2) is 0 Å². The number of ketones is 1. The number of hydrogen-bond donors (Lipinski definition) is 1. The van der Waals surface area contributed by atoms with Gasteiger partial charge in [-0.05, 0) is 17.7 Å². The van der Waals surface area contributed by atoms with E-state index in [1.807, 2.05) is 0 Å². The van der Waals surface area contributed by atoms with Crippen molar-refractivity contribution in [3.63, 3.8) is 0 Å². The van der Waals surface area contributed by atoms with E-state index in [1.165, 1.54) is 24.3 Å². The smallest absolute Gasteiger partial charge is 0.275 e. The number of benzene rings is 1. The zero-order valence-electron chi connectivity index (χ0n) is 10.3. The van der Waals surface area contributed by atoms with Gasteiger partial charge in [0.1, 0.15) is 6.10 Å². The lowest BCUT2D eigenvalue weighted by Gasteiger charge is -2.26. The zero-order valence-corrected chi connectivity index (χ0v) is 10.3. The van der Waals surface area contributed by atoms with E-state index in [2.05, 4.69) is 0 Å². The highest BCUT2D eigenvalue weighted by atomic mass is 19.1. The van der Waals surface area contributed by atoms with Crippen LogP contribution < -0.4 is 0 Å². The van der Waals surface area contributed by atoms with Crippen molar-refractivity contribution in [3.8, 4) is 0 Å². The first-order valence-electron chi connectivity index (χ1n) is 5.92. The van der Waals surface area contributed by atoms with Gasteiger partial charge in [-0.15, -0.1) is 0 Å². The van der Waals surface area contributed by atoms with E-state index in [9.17, 15) is 24.4 Å². The fourth-order valence-electron chi connectivity index (χ4n) is 2.05. The molecular formula is C14H12FNO4. The molecule has 1 aromatic rings. The van der Waals surface area contributed by atoms with E-state index in [0.717, 1.165) is 12.2 Å². The van der Waals surface area contributed by atoms with Crippen LogP contribution in [0.25, 0.3) is 0 Å². The molecule has 0 spiro atoms. The predicted molar refractivity (Wildman–Crippen MR) is 69.3 cm³/mol. The fraction of sp³-hybridized carbons (Fsp3) is 0.214. The van der Waals surface area contributed by atoms with Gasteiger partial charge in [0.05, 0.1) is 0 Å². The van der Waals surface area contributed by atoms with Crippen LogP contribution in [0, 0.1) is 10.1 Å². The van der Waals surface area contributed by atoms with E-state index in [-0.39, 0.29) is 5.56 Å². The summed E-state index contributed by atoms with van der Waals surface area (Å²) in [6.45, 7) is 0. The fourth-order valence-corrected chi connectivity index (χ4v) is 2.05. The van der Waals surface area contributed by atoms with Crippen molar-refractivity contribution < 1.29 is 19.2 Å². The van der Waals surface area contributed by atoms with Crippen LogP contribution in [0.1, 0.15) is 11.7 Å². The van der Waals surface area contributed by atoms with Crippen LogP contribution in [-0.2, 0) is 4.79 Å². The lowest BCUT2D eigenvalue weighted by Crippen LogP contribution is -2.50. The van der Waals surface area contributed by atoms with Crippen LogP contribution >= 0.6 is 0 Å². The maximum Gasteiger partial charge on any atom is 0.275 e. The van der Waals surface area contributed by atoms with Crippen LogP contribution in [0.15, 0.2) is 54.6 Å². The Morgan fingerprint density at radius 2 is 2.00 bits per heavy atom.